The van der Waals surface area contributed by atoms with Crippen LogP contribution in [0.2, 0.25) is 0 Å². The first-order chi connectivity index (χ1) is 8.28. The van der Waals surface area contributed by atoms with Gasteiger partial charge in [0.25, 0.3) is 0 Å². The Kier molecular flexibility index (Phi) is 3.77. The number of pyridine rings is 1. The van der Waals surface area contributed by atoms with Crippen molar-refractivity contribution < 1.29 is 4.39 Å². The minimum Gasteiger partial charge on any atom is -0.330 e. The van der Waals surface area contributed by atoms with Crippen molar-refractivity contribution in [2.75, 3.05) is 6.54 Å². The molecule has 0 aliphatic carbocycles. The van der Waals surface area contributed by atoms with Crippen LogP contribution in [0.5, 0.6) is 0 Å². The molecule has 0 saturated carbocycles. The fourth-order valence-electron chi connectivity index (χ4n) is 1.54. The highest BCUT2D eigenvalue weighted by molar-refractivity contribution is 5.10. The molecule has 2 rings (SSSR count). The summed E-state index contributed by atoms with van der Waals surface area (Å²) in [6.45, 7) is 1.11. The van der Waals surface area contributed by atoms with Gasteiger partial charge in [-0.2, -0.15) is 0 Å². The van der Waals surface area contributed by atoms with E-state index in [9.17, 15) is 4.39 Å². The molecule has 17 heavy (non-hydrogen) atoms. The Morgan fingerprint density at radius 1 is 1.35 bits per heavy atom. The van der Waals surface area contributed by atoms with E-state index in [1.54, 1.807) is 10.9 Å². The Morgan fingerprint density at radius 3 is 3.00 bits per heavy atom. The van der Waals surface area contributed by atoms with Crippen molar-refractivity contribution >= 4 is 0 Å². The number of hydrogen-bond acceptors (Lipinski definition) is 4. The minimum absolute atomic E-state index is 0.342. The summed E-state index contributed by atoms with van der Waals surface area (Å²) >= 11 is 0. The largest absolute Gasteiger partial charge is 0.330 e. The van der Waals surface area contributed by atoms with Crippen LogP contribution in [0.1, 0.15) is 17.7 Å². The molecule has 6 heteroatoms. The van der Waals surface area contributed by atoms with Crippen molar-refractivity contribution in [1.82, 2.24) is 20.0 Å². The molecule has 2 N–H and O–H groups in total. The van der Waals surface area contributed by atoms with Crippen LogP contribution in [-0.4, -0.2) is 26.5 Å². The number of halogens is 1. The van der Waals surface area contributed by atoms with E-state index in [-0.39, 0.29) is 5.82 Å². The van der Waals surface area contributed by atoms with Crippen molar-refractivity contribution in [3.8, 4) is 0 Å². The Labute approximate surface area is 98.5 Å². The second-order valence-corrected chi connectivity index (χ2v) is 3.81. The van der Waals surface area contributed by atoms with Crippen molar-refractivity contribution in [1.29, 1.82) is 0 Å². The van der Waals surface area contributed by atoms with E-state index in [1.807, 2.05) is 6.20 Å². The van der Waals surface area contributed by atoms with Crippen molar-refractivity contribution in [3.63, 3.8) is 0 Å². The number of hydrogen-bond donors (Lipinski definition) is 1. The lowest BCUT2D eigenvalue weighted by Crippen LogP contribution is -2.01. The standard InChI is InChI=1S/C11H14FN5/c12-10-4-9(5-14-6-10)7-17-8-11(15-16-17)2-1-3-13/h4-6,8H,1-3,7,13H2. The van der Waals surface area contributed by atoms with Crippen LogP contribution in [0.3, 0.4) is 0 Å². The maximum atomic E-state index is 12.9. The molecule has 90 valence electrons. The third-order valence-corrected chi connectivity index (χ3v) is 2.33. The molecule has 0 unspecified atom stereocenters. The average molecular weight is 235 g/mol. The van der Waals surface area contributed by atoms with Crippen LogP contribution in [0.25, 0.3) is 0 Å². The third-order valence-electron chi connectivity index (χ3n) is 2.33. The Morgan fingerprint density at radius 2 is 2.24 bits per heavy atom. The van der Waals surface area contributed by atoms with E-state index in [0.717, 1.165) is 24.1 Å². The molecule has 0 atom stereocenters. The van der Waals surface area contributed by atoms with Crippen LogP contribution in [-0.2, 0) is 13.0 Å². The first kappa shape index (κ1) is 11.7. The number of aromatic nitrogens is 4. The van der Waals surface area contributed by atoms with Crippen molar-refractivity contribution in [2.24, 2.45) is 5.73 Å². The van der Waals surface area contributed by atoms with Gasteiger partial charge in [0.15, 0.2) is 0 Å². The maximum absolute atomic E-state index is 12.9. The van der Waals surface area contributed by atoms with Gasteiger partial charge in [-0.15, -0.1) is 5.10 Å². The smallest absolute Gasteiger partial charge is 0.141 e. The predicted octanol–water partition coefficient (Wildman–Crippen LogP) is 0.752. The van der Waals surface area contributed by atoms with Crippen LogP contribution >= 0.6 is 0 Å². The molecular weight excluding hydrogens is 221 g/mol. The van der Waals surface area contributed by atoms with E-state index >= 15 is 0 Å². The van der Waals surface area contributed by atoms with Crippen LogP contribution in [0, 0.1) is 5.82 Å². The summed E-state index contributed by atoms with van der Waals surface area (Å²) in [6, 6.07) is 1.44. The van der Waals surface area contributed by atoms with E-state index in [2.05, 4.69) is 15.3 Å². The first-order valence-corrected chi connectivity index (χ1v) is 5.46. The first-order valence-electron chi connectivity index (χ1n) is 5.46. The summed E-state index contributed by atoms with van der Waals surface area (Å²) in [6.07, 6.45) is 6.35. The fourth-order valence-corrected chi connectivity index (χ4v) is 1.54. The topological polar surface area (TPSA) is 69.6 Å². The molecule has 0 bridgehead atoms. The molecule has 0 aromatic carbocycles. The van der Waals surface area contributed by atoms with Gasteiger partial charge in [0, 0.05) is 12.4 Å². The number of aryl methyl sites for hydroxylation is 1. The highest BCUT2D eigenvalue weighted by Gasteiger charge is 2.02. The molecule has 2 heterocycles. The van der Waals surface area contributed by atoms with Gasteiger partial charge in [-0.05, 0) is 31.0 Å². The molecule has 0 amide bonds. The molecule has 2 aromatic rings. The van der Waals surface area contributed by atoms with Gasteiger partial charge in [-0.1, -0.05) is 5.21 Å². The van der Waals surface area contributed by atoms with E-state index < -0.39 is 0 Å². The molecule has 0 spiro atoms. The number of nitrogens with zero attached hydrogens (tertiary/aromatic N) is 4. The van der Waals surface area contributed by atoms with Crippen molar-refractivity contribution in [3.05, 3.63) is 41.7 Å². The van der Waals surface area contributed by atoms with Crippen molar-refractivity contribution in [2.45, 2.75) is 19.4 Å². The van der Waals surface area contributed by atoms with Gasteiger partial charge in [-0.3, -0.25) is 4.98 Å². The summed E-state index contributed by atoms with van der Waals surface area (Å²) in [5.74, 6) is -0.342. The van der Waals surface area contributed by atoms with E-state index in [0.29, 0.717) is 13.1 Å². The molecule has 0 aliphatic heterocycles. The monoisotopic (exact) mass is 235 g/mol. The molecule has 0 radical (unpaired) electrons. The van der Waals surface area contributed by atoms with Gasteiger partial charge < -0.3 is 5.73 Å². The maximum Gasteiger partial charge on any atom is 0.141 e. The minimum atomic E-state index is -0.342. The van der Waals surface area contributed by atoms with E-state index in [4.69, 9.17) is 5.73 Å². The van der Waals surface area contributed by atoms with Gasteiger partial charge in [0.05, 0.1) is 18.4 Å². The summed E-state index contributed by atoms with van der Waals surface area (Å²) in [5.41, 5.74) is 7.09. The molecule has 5 nitrogen and oxygen atoms in total. The van der Waals surface area contributed by atoms with E-state index in [1.165, 1.54) is 12.3 Å². The molecule has 0 aliphatic rings. The summed E-state index contributed by atoms with van der Waals surface area (Å²) in [7, 11) is 0. The lowest BCUT2D eigenvalue weighted by molar-refractivity contribution is 0.607. The Bertz CT molecular complexity index is 482. The number of rotatable bonds is 5. The third kappa shape index (κ3) is 3.32. The van der Waals surface area contributed by atoms with Gasteiger partial charge in [0.2, 0.25) is 0 Å². The number of nitrogens with two attached hydrogens (primary N) is 1. The average Bonchev–Trinajstić information content (AvgIpc) is 2.74. The molecular formula is C11H14FN5. The second kappa shape index (κ2) is 5.49. The highest BCUT2D eigenvalue weighted by Crippen LogP contribution is 2.04. The summed E-state index contributed by atoms with van der Waals surface area (Å²) in [5, 5.41) is 7.99. The fraction of sp³-hybridized carbons (Fsp3) is 0.364. The summed E-state index contributed by atoms with van der Waals surface area (Å²) in [4.78, 5) is 3.78. The van der Waals surface area contributed by atoms with Gasteiger partial charge >= 0.3 is 0 Å². The normalized spacial score (nSPS) is 10.7. The quantitative estimate of drug-likeness (QED) is 0.830. The lowest BCUT2D eigenvalue weighted by atomic mass is 10.2. The summed E-state index contributed by atoms with van der Waals surface area (Å²) < 4.78 is 14.6. The zero-order valence-electron chi connectivity index (χ0n) is 9.38. The van der Waals surface area contributed by atoms with Crippen LogP contribution in [0.4, 0.5) is 4.39 Å². The predicted molar refractivity (Wildman–Crippen MR) is 60.7 cm³/mol. The van der Waals surface area contributed by atoms with Crippen LogP contribution in [0.15, 0.2) is 24.7 Å². The van der Waals surface area contributed by atoms with Gasteiger partial charge in [-0.25, -0.2) is 9.07 Å². The lowest BCUT2D eigenvalue weighted by Gasteiger charge is -1.99. The highest BCUT2D eigenvalue weighted by atomic mass is 19.1. The van der Waals surface area contributed by atoms with Crippen LogP contribution < -0.4 is 5.73 Å². The second-order valence-electron chi connectivity index (χ2n) is 3.81. The Hall–Kier alpha value is -1.82. The zero-order chi connectivity index (χ0) is 12.1. The SMILES string of the molecule is NCCCc1cn(Cc2cncc(F)c2)nn1. The zero-order valence-corrected chi connectivity index (χ0v) is 9.38. The Balaban J connectivity index is 2.01. The molecule has 2 aromatic heterocycles. The van der Waals surface area contributed by atoms with Gasteiger partial charge in [0.1, 0.15) is 5.82 Å². The molecule has 0 fully saturated rings. The molecule has 0 saturated heterocycles.